The van der Waals surface area contributed by atoms with Crippen molar-refractivity contribution >= 4 is 17.7 Å². The molecule has 0 saturated carbocycles. The van der Waals surface area contributed by atoms with Gasteiger partial charge in [0, 0.05) is 24.3 Å². The molecule has 22 heavy (non-hydrogen) atoms. The minimum absolute atomic E-state index is 0.0701. The fraction of sp³-hybridized carbons (Fsp3) is 0.467. The second-order valence-corrected chi connectivity index (χ2v) is 6.14. The predicted octanol–water partition coefficient (Wildman–Crippen LogP) is 2.09. The first-order chi connectivity index (χ1) is 10.6. The van der Waals surface area contributed by atoms with Crippen LogP contribution in [-0.4, -0.2) is 38.9 Å². The first-order valence-corrected chi connectivity index (χ1v) is 8.64. The lowest BCUT2D eigenvalue weighted by atomic mass is 10.1. The Morgan fingerprint density at radius 2 is 2.05 bits per heavy atom. The predicted molar refractivity (Wildman–Crippen MR) is 87.9 cm³/mol. The fourth-order valence-electron chi connectivity index (χ4n) is 2.09. The maximum atomic E-state index is 12.1. The van der Waals surface area contributed by atoms with Crippen LogP contribution in [0.3, 0.4) is 0 Å². The Balaban J connectivity index is 1.86. The Morgan fingerprint density at radius 3 is 2.68 bits per heavy atom. The Hall–Kier alpha value is -1.89. The van der Waals surface area contributed by atoms with Crippen molar-refractivity contribution in [2.75, 3.05) is 12.8 Å². The van der Waals surface area contributed by atoms with E-state index in [2.05, 4.69) is 27.1 Å². The third-order valence-electron chi connectivity index (χ3n) is 3.21. The fourth-order valence-corrected chi connectivity index (χ4v) is 2.61. The average molecular weight is 319 g/mol. The van der Waals surface area contributed by atoms with Gasteiger partial charge in [-0.25, -0.2) is 4.68 Å². The molecular formula is C15H21N5OS. The number of hydrogen-bond donors (Lipinski definition) is 1. The molecule has 0 unspecified atom stereocenters. The molecule has 118 valence electrons. The zero-order valence-corrected chi connectivity index (χ0v) is 13.9. The maximum absolute atomic E-state index is 12.1. The Kier molecular flexibility index (Phi) is 5.94. The summed E-state index contributed by atoms with van der Waals surface area (Å²) in [6.07, 6.45) is 2.67. The molecule has 0 spiro atoms. The Labute approximate surface area is 134 Å². The molecule has 2 aromatic rings. The summed E-state index contributed by atoms with van der Waals surface area (Å²) in [6, 6.07) is 7.91. The number of nitrogens with zero attached hydrogens (tertiary/aromatic N) is 4. The summed E-state index contributed by atoms with van der Waals surface area (Å²) < 4.78 is 1.77. The maximum Gasteiger partial charge on any atom is 0.251 e. The Bertz CT molecular complexity index is 609. The Morgan fingerprint density at radius 1 is 1.32 bits per heavy atom. The molecule has 1 heterocycles. The second-order valence-electron chi connectivity index (χ2n) is 5.27. The van der Waals surface area contributed by atoms with Gasteiger partial charge in [-0.3, -0.25) is 4.79 Å². The highest BCUT2D eigenvalue weighted by molar-refractivity contribution is 7.97. The molecule has 7 heteroatoms. The van der Waals surface area contributed by atoms with Gasteiger partial charge < -0.3 is 5.32 Å². The number of carbonyl (C=O) groups excluding carboxylic acids is 1. The molecule has 0 aliphatic heterocycles. The van der Waals surface area contributed by atoms with Crippen LogP contribution in [0.15, 0.2) is 24.3 Å². The number of aromatic nitrogens is 4. The molecule has 0 radical (unpaired) electrons. The summed E-state index contributed by atoms with van der Waals surface area (Å²) in [4.78, 5) is 12.1. The van der Waals surface area contributed by atoms with Crippen LogP contribution in [-0.2, 0) is 12.2 Å². The number of rotatable bonds is 7. The summed E-state index contributed by atoms with van der Waals surface area (Å²) in [5.41, 5.74) is 1.90. The summed E-state index contributed by atoms with van der Waals surface area (Å²) in [5.74, 6) is 1.67. The van der Waals surface area contributed by atoms with Gasteiger partial charge >= 0.3 is 0 Å². The number of thioether (sulfide) groups is 1. The van der Waals surface area contributed by atoms with Crippen LogP contribution in [0, 0.1) is 0 Å². The van der Waals surface area contributed by atoms with E-state index >= 15 is 0 Å². The molecule has 1 aromatic heterocycles. The van der Waals surface area contributed by atoms with Gasteiger partial charge in [0.15, 0.2) is 5.82 Å². The van der Waals surface area contributed by atoms with E-state index in [1.165, 1.54) is 5.56 Å². The van der Waals surface area contributed by atoms with Crippen molar-refractivity contribution in [2.45, 2.75) is 32.1 Å². The van der Waals surface area contributed by atoms with Gasteiger partial charge in [-0.2, -0.15) is 11.8 Å². The molecule has 0 aliphatic rings. The number of tetrazole rings is 1. The summed E-state index contributed by atoms with van der Waals surface area (Å²) in [6.45, 7) is 4.56. The van der Waals surface area contributed by atoms with E-state index in [0.29, 0.717) is 18.5 Å². The van der Waals surface area contributed by atoms with Crippen molar-refractivity contribution in [1.82, 2.24) is 25.5 Å². The van der Waals surface area contributed by atoms with Gasteiger partial charge in [-0.05, 0) is 48.2 Å². The van der Waals surface area contributed by atoms with Crippen LogP contribution in [0.4, 0.5) is 0 Å². The average Bonchev–Trinajstić information content (AvgIpc) is 2.97. The number of nitrogens with one attached hydrogen (secondary N) is 1. The molecule has 1 aromatic carbocycles. The van der Waals surface area contributed by atoms with E-state index in [1.54, 1.807) is 16.4 Å². The van der Waals surface area contributed by atoms with Gasteiger partial charge in [0.25, 0.3) is 5.91 Å². The van der Waals surface area contributed by atoms with Crippen LogP contribution < -0.4 is 5.32 Å². The SMILES string of the molecule is CSCc1ccc(C(=O)NCCc2nnnn2C(C)C)cc1. The highest BCUT2D eigenvalue weighted by Crippen LogP contribution is 2.10. The van der Waals surface area contributed by atoms with Crippen molar-refractivity contribution in [3.63, 3.8) is 0 Å². The highest BCUT2D eigenvalue weighted by Gasteiger charge is 2.10. The van der Waals surface area contributed by atoms with Crippen molar-refractivity contribution < 1.29 is 4.79 Å². The van der Waals surface area contributed by atoms with Gasteiger partial charge in [-0.15, -0.1) is 5.10 Å². The standard InChI is InChI=1S/C15H21N5OS/c1-11(2)20-14(17-18-19-20)8-9-16-15(21)13-6-4-12(5-7-13)10-22-3/h4-7,11H,8-10H2,1-3H3,(H,16,21). The minimum atomic E-state index is -0.0701. The molecule has 0 saturated heterocycles. The molecule has 6 nitrogen and oxygen atoms in total. The molecule has 0 bridgehead atoms. The largest absolute Gasteiger partial charge is 0.352 e. The topological polar surface area (TPSA) is 72.7 Å². The van der Waals surface area contributed by atoms with Gasteiger partial charge in [0.1, 0.15) is 0 Å². The molecule has 0 fully saturated rings. The van der Waals surface area contributed by atoms with E-state index in [1.807, 2.05) is 38.1 Å². The van der Waals surface area contributed by atoms with E-state index in [9.17, 15) is 4.79 Å². The zero-order valence-electron chi connectivity index (χ0n) is 13.1. The molecule has 1 N–H and O–H groups in total. The van der Waals surface area contributed by atoms with Crippen LogP contribution in [0.1, 0.15) is 41.6 Å². The molecule has 0 atom stereocenters. The first kappa shape index (κ1) is 16.5. The number of amides is 1. The summed E-state index contributed by atoms with van der Waals surface area (Å²) in [7, 11) is 0. The molecule has 1 amide bonds. The van der Waals surface area contributed by atoms with Gasteiger partial charge in [0.05, 0.1) is 6.04 Å². The van der Waals surface area contributed by atoms with Crippen LogP contribution in [0.5, 0.6) is 0 Å². The lowest BCUT2D eigenvalue weighted by molar-refractivity contribution is 0.0954. The van der Waals surface area contributed by atoms with Crippen LogP contribution >= 0.6 is 11.8 Å². The number of benzene rings is 1. The second kappa shape index (κ2) is 7.93. The third kappa shape index (κ3) is 4.30. The smallest absolute Gasteiger partial charge is 0.251 e. The normalized spacial score (nSPS) is 10.9. The van der Waals surface area contributed by atoms with Crippen LogP contribution in [0.2, 0.25) is 0 Å². The monoisotopic (exact) mass is 319 g/mol. The molecular weight excluding hydrogens is 298 g/mol. The van der Waals surface area contributed by atoms with E-state index in [4.69, 9.17) is 0 Å². The highest BCUT2D eigenvalue weighted by atomic mass is 32.2. The van der Waals surface area contributed by atoms with Gasteiger partial charge in [0.2, 0.25) is 0 Å². The lowest BCUT2D eigenvalue weighted by Crippen LogP contribution is -2.26. The van der Waals surface area contributed by atoms with Crippen LogP contribution in [0.25, 0.3) is 0 Å². The summed E-state index contributed by atoms with van der Waals surface area (Å²) in [5, 5.41) is 14.5. The van der Waals surface area contributed by atoms with Crippen molar-refractivity contribution in [3.8, 4) is 0 Å². The zero-order chi connectivity index (χ0) is 15.9. The minimum Gasteiger partial charge on any atom is -0.352 e. The van der Waals surface area contributed by atoms with Crippen molar-refractivity contribution in [2.24, 2.45) is 0 Å². The van der Waals surface area contributed by atoms with E-state index < -0.39 is 0 Å². The van der Waals surface area contributed by atoms with Crippen molar-refractivity contribution in [1.29, 1.82) is 0 Å². The van der Waals surface area contributed by atoms with E-state index in [0.717, 1.165) is 11.6 Å². The van der Waals surface area contributed by atoms with Gasteiger partial charge in [-0.1, -0.05) is 12.1 Å². The molecule has 0 aliphatic carbocycles. The van der Waals surface area contributed by atoms with Crippen molar-refractivity contribution in [3.05, 3.63) is 41.2 Å². The first-order valence-electron chi connectivity index (χ1n) is 7.24. The quantitative estimate of drug-likeness (QED) is 0.846. The molecule has 2 rings (SSSR count). The lowest BCUT2D eigenvalue weighted by Gasteiger charge is -2.08. The number of hydrogen-bond acceptors (Lipinski definition) is 5. The summed E-state index contributed by atoms with van der Waals surface area (Å²) >= 11 is 1.76. The van der Waals surface area contributed by atoms with E-state index in [-0.39, 0.29) is 11.9 Å². The number of carbonyl (C=O) groups is 1. The third-order valence-corrected chi connectivity index (χ3v) is 3.83.